The highest BCUT2D eigenvalue weighted by molar-refractivity contribution is 6.13. The fraction of sp³-hybridized carbons (Fsp3) is 0.429. The fourth-order valence-electron chi connectivity index (χ4n) is 4.02. The zero-order chi connectivity index (χ0) is 17.3. The van der Waals surface area contributed by atoms with Crippen LogP contribution in [0, 0.1) is 5.41 Å². The molecule has 1 aromatic rings. The van der Waals surface area contributed by atoms with Crippen LogP contribution in [0.2, 0.25) is 0 Å². The van der Waals surface area contributed by atoms with Gasteiger partial charge in [0.15, 0.2) is 0 Å². The highest BCUT2D eigenvalue weighted by Crippen LogP contribution is 2.44. The number of hydrogen-bond donors (Lipinski definition) is 0. The second kappa shape index (κ2) is 6.39. The molecule has 0 radical (unpaired) electrons. The molecule has 0 heterocycles. The Labute approximate surface area is 143 Å². The van der Waals surface area contributed by atoms with Crippen LogP contribution in [0.25, 0.3) is 5.57 Å². The molecule has 0 atom stereocenters. The van der Waals surface area contributed by atoms with Crippen LogP contribution in [0.4, 0.5) is 0 Å². The third-order valence-corrected chi connectivity index (χ3v) is 5.51. The summed E-state index contributed by atoms with van der Waals surface area (Å²) in [6, 6.07) is 6.07. The van der Waals surface area contributed by atoms with E-state index in [1.165, 1.54) is 5.56 Å². The summed E-state index contributed by atoms with van der Waals surface area (Å²) in [5.74, 6) is 1.02. The third-order valence-electron chi connectivity index (χ3n) is 5.51. The molecule has 24 heavy (non-hydrogen) atoms. The lowest BCUT2D eigenvalue weighted by Gasteiger charge is -2.28. The minimum absolute atomic E-state index is 0.0857. The van der Waals surface area contributed by atoms with Gasteiger partial charge in [0.25, 0.3) is 0 Å². The average Bonchev–Trinajstić information content (AvgIpc) is 2.89. The molecular weight excluding hydrogens is 300 g/mol. The zero-order valence-electron chi connectivity index (χ0n) is 14.5. The molecule has 3 heteroatoms. The van der Waals surface area contributed by atoms with Gasteiger partial charge in [-0.1, -0.05) is 25.6 Å². The van der Waals surface area contributed by atoms with E-state index in [0.29, 0.717) is 25.7 Å². The molecule has 0 bridgehead atoms. The first-order valence-electron chi connectivity index (χ1n) is 8.64. The molecule has 0 unspecified atom stereocenters. The van der Waals surface area contributed by atoms with E-state index in [-0.39, 0.29) is 11.6 Å². The van der Waals surface area contributed by atoms with Gasteiger partial charge >= 0.3 is 0 Å². The summed E-state index contributed by atoms with van der Waals surface area (Å²) in [5, 5.41) is 0. The fourth-order valence-corrected chi connectivity index (χ4v) is 4.02. The number of carbonyl (C=O) groups is 2. The molecule has 3 nitrogen and oxygen atoms in total. The molecule has 1 fully saturated rings. The third kappa shape index (κ3) is 2.62. The van der Waals surface area contributed by atoms with Gasteiger partial charge in [-0.3, -0.25) is 9.59 Å². The van der Waals surface area contributed by atoms with Crippen molar-refractivity contribution in [1.82, 2.24) is 0 Å². The second-order valence-electron chi connectivity index (χ2n) is 6.74. The average molecular weight is 324 g/mol. The first kappa shape index (κ1) is 16.7. The molecule has 126 valence electrons. The lowest BCUT2D eigenvalue weighted by molar-refractivity contribution is -0.135. The topological polar surface area (TPSA) is 43.4 Å². The Morgan fingerprint density at radius 2 is 1.92 bits per heavy atom. The highest BCUT2D eigenvalue weighted by Gasteiger charge is 2.48. The van der Waals surface area contributed by atoms with Crippen molar-refractivity contribution < 1.29 is 14.3 Å². The van der Waals surface area contributed by atoms with Gasteiger partial charge in [0.1, 0.15) is 17.3 Å². The summed E-state index contributed by atoms with van der Waals surface area (Å²) >= 11 is 0. The van der Waals surface area contributed by atoms with E-state index in [1.807, 2.05) is 13.0 Å². The van der Waals surface area contributed by atoms with Gasteiger partial charge in [-0.2, -0.15) is 0 Å². The van der Waals surface area contributed by atoms with Crippen molar-refractivity contribution in [3.8, 4) is 5.75 Å². The van der Waals surface area contributed by atoms with E-state index in [1.54, 1.807) is 7.11 Å². The molecule has 1 saturated carbocycles. The molecule has 0 aliphatic heterocycles. The van der Waals surface area contributed by atoms with E-state index in [0.717, 1.165) is 35.3 Å². The van der Waals surface area contributed by atoms with Gasteiger partial charge in [-0.05, 0) is 60.1 Å². The Kier molecular flexibility index (Phi) is 4.44. The standard InChI is InChI=1S/C21H24O3/c1-4-21(19(22)10-11-20(21)23)13-14(2)17-7-5-6-15-12-16(24-3)8-9-18(15)17/h7-9,12H,2,4-6,10-11,13H2,1,3H3. The largest absolute Gasteiger partial charge is 0.497 e. The Morgan fingerprint density at radius 3 is 2.54 bits per heavy atom. The predicted octanol–water partition coefficient (Wildman–Crippen LogP) is 4.30. The number of Topliss-reactive ketones (excluding diaryl/α,β-unsaturated/α-hetero) is 2. The molecule has 3 rings (SSSR count). The van der Waals surface area contributed by atoms with E-state index in [4.69, 9.17) is 4.74 Å². The van der Waals surface area contributed by atoms with Crippen LogP contribution in [-0.2, 0) is 16.0 Å². The van der Waals surface area contributed by atoms with Crippen LogP contribution >= 0.6 is 0 Å². The molecule has 2 aliphatic rings. The quantitative estimate of drug-likeness (QED) is 0.759. The van der Waals surface area contributed by atoms with Crippen LogP contribution in [0.1, 0.15) is 50.2 Å². The smallest absolute Gasteiger partial charge is 0.147 e. The second-order valence-corrected chi connectivity index (χ2v) is 6.74. The maximum Gasteiger partial charge on any atom is 0.147 e. The van der Waals surface area contributed by atoms with E-state index >= 15 is 0 Å². The van der Waals surface area contributed by atoms with Crippen molar-refractivity contribution in [1.29, 1.82) is 0 Å². The summed E-state index contributed by atoms with van der Waals surface area (Å²) in [4.78, 5) is 24.8. The lowest BCUT2D eigenvalue weighted by atomic mass is 9.73. The number of aryl methyl sites for hydroxylation is 1. The van der Waals surface area contributed by atoms with Crippen LogP contribution in [-0.4, -0.2) is 18.7 Å². The number of rotatable bonds is 5. The number of hydrogen-bond acceptors (Lipinski definition) is 3. The van der Waals surface area contributed by atoms with Crippen molar-refractivity contribution in [3.63, 3.8) is 0 Å². The Hall–Kier alpha value is -2.16. The van der Waals surface area contributed by atoms with Gasteiger partial charge in [-0.25, -0.2) is 0 Å². The first-order chi connectivity index (χ1) is 11.5. The molecule has 0 amide bonds. The molecule has 0 saturated heterocycles. The maximum absolute atomic E-state index is 12.4. The maximum atomic E-state index is 12.4. The first-order valence-corrected chi connectivity index (χ1v) is 8.64. The number of carbonyl (C=O) groups excluding carboxylic acids is 2. The van der Waals surface area contributed by atoms with Crippen molar-refractivity contribution in [2.24, 2.45) is 5.41 Å². The predicted molar refractivity (Wildman–Crippen MR) is 95.0 cm³/mol. The van der Waals surface area contributed by atoms with E-state index < -0.39 is 5.41 Å². The summed E-state index contributed by atoms with van der Waals surface area (Å²) in [6.45, 7) is 6.17. The highest BCUT2D eigenvalue weighted by atomic mass is 16.5. The number of methoxy groups -OCH3 is 1. The molecule has 0 aromatic heterocycles. The Morgan fingerprint density at radius 1 is 1.21 bits per heavy atom. The molecule has 2 aliphatic carbocycles. The number of benzene rings is 1. The summed E-state index contributed by atoms with van der Waals surface area (Å²) < 4.78 is 5.31. The Bertz CT molecular complexity index is 723. The van der Waals surface area contributed by atoms with Crippen molar-refractivity contribution in [2.45, 2.75) is 45.4 Å². The van der Waals surface area contributed by atoms with Crippen LogP contribution in [0.15, 0.2) is 36.4 Å². The molecule has 0 spiro atoms. The molecule has 0 N–H and O–H groups in total. The number of fused-ring (bicyclic) bond motifs is 1. The van der Waals surface area contributed by atoms with Crippen molar-refractivity contribution in [2.75, 3.05) is 7.11 Å². The van der Waals surface area contributed by atoms with Gasteiger partial charge in [0.05, 0.1) is 12.5 Å². The van der Waals surface area contributed by atoms with Crippen LogP contribution < -0.4 is 4.74 Å². The van der Waals surface area contributed by atoms with Crippen molar-refractivity contribution >= 4 is 17.1 Å². The van der Waals surface area contributed by atoms with E-state index in [2.05, 4.69) is 24.8 Å². The minimum atomic E-state index is -0.845. The summed E-state index contributed by atoms with van der Waals surface area (Å²) in [6.07, 6.45) is 5.87. The SMILES string of the molecule is C=C(CC1(CC)C(=O)CCC1=O)C1=CCCc2cc(OC)ccc21. The van der Waals surface area contributed by atoms with Gasteiger partial charge in [-0.15, -0.1) is 0 Å². The molecule has 1 aromatic carbocycles. The molecular formula is C21H24O3. The zero-order valence-corrected chi connectivity index (χ0v) is 14.5. The minimum Gasteiger partial charge on any atom is -0.497 e. The number of ketones is 2. The van der Waals surface area contributed by atoms with Gasteiger partial charge in [0.2, 0.25) is 0 Å². The van der Waals surface area contributed by atoms with Crippen LogP contribution in [0.3, 0.4) is 0 Å². The normalized spacial score (nSPS) is 19.0. The summed E-state index contributed by atoms with van der Waals surface area (Å²) in [5.41, 5.74) is 3.52. The Balaban J connectivity index is 1.90. The van der Waals surface area contributed by atoms with Crippen molar-refractivity contribution in [3.05, 3.63) is 47.6 Å². The number of ether oxygens (including phenoxy) is 1. The van der Waals surface area contributed by atoms with Gasteiger partial charge in [0, 0.05) is 12.8 Å². The number of allylic oxidation sites excluding steroid dienone is 3. The monoisotopic (exact) mass is 324 g/mol. The van der Waals surface area contributed by atoms with Crippen LogP contribution in [0.5, 0.6) is 5.75 Å². The lowest BCUT2D eigenvalue weighted by Crippen LogP contribution is -2.32. The summed E-state index contributed by atoms with van der Waals surface area (Å²) in [7, 11) is 1.67. The van der Waals surface area contributed by atoms with Gasteiger partial charge < -0.3 is 4.74 Å². The van der Waals surface area contributed by atoms with E-state index in [9.17, 15) is 9.59 Å².